The molecule has 1 rings (SSSR count). The minimum atomic E-state index is -2.47. The predicted octanol–water partition coefficient (Wildman–Crippen LogP) is 1.19. The van der Waals surface area contributed by atoms with E-state index in [4.69, 9.17) is 13.6 Å². The number of aliphatic hydroxyl groups is 2. The van der Waals surface area contributed by atoms with Crippen LogP contribution in [0.1, 0.15) is 0 Å². The molecular formula is C13H24O4Si2. The van der Waals surface area contributed by atoms with E-state index in [1.54, 1.807) is 7.11 Å². The zero-order valence-corrected chi connectivity index (χ0v) is 14.1. The van der Waals surface area contributed by atoms with E-state index in [0.29, 0.717) is 6.04 Å². The van der Waals surface area contributed by atoms with Crippen molar-refractivity contribution in [1.29, 1.82) is 0 Å². The van der Waals surface area contributed by atoms with Crippen molar-refractivity contribution in [3.63, 3.8) is 0 Å². The molecule has 0 bridgehead atoms. The first kappa shape index (κ1) is 16.5. The van der Waals surface area contributed by atoms with Gasteiger partial charge in [0, 0.05) is 13.2 Å². The topological polar surface area (TPSA) is 58.9 Å². The van der Waals surface area contributed by atoms with Crippen molar-refractivity contribution in [2.75, 3.05) is 13.7 Å². The molecule has 0 radical (unpaired) electrons. The molecule has 1 aromatic rings. The monoisotopic (exact) mass is 300 g/mol. The largest absolute Gasteiger partial charge is 0.432 e. The van der Waals surface area contributed by atoms with Gasteiger partial charge in [0.2, 0.25) is 8.32 Å². The summed E-state index contributed by atoms with van der Waals surface area (Å²) in [6.07, 6.45) is -0.780. The molecule has 6 heteroatoms. The van der Waals surface area contributed by atoms with Crippen molar-refractivity contribution in [2.24, 2.45) is 0 Å². The minimum Gasteiger partial charge on any atom is -0.432 e. The molecule has 2 atom stereocenters. The predicted molar refractivity (Wildman–Crippen MR) is 81.2 cm³/mol. The van der Waals surface area contributed by atoms with Crippen LogP contribution in [-0.4, -0.2) is 46.9 Å². The molecule has 0 aromatic heterocycles. The van der Waals surface area contributed by atoms with Crippen LogP contribution in [0.3, 0.4) is 0 Å². The summed E-state index contributed by atoms with van der Waals surface area (Å²) in [7, 11) is -2.93. The summed E-state index contributed by atoms with van der Waals surface area (Å²) < 4.78 is 11.9. The molecule has 0 saturated heterocycles. The molecule has 108 valence electrons. The second-order valence-electron chi connectivity index (χ2n) is 5.36. The molecule has 0 heterocycles. The SMILES string of the molecule is CO[Si](C)(CC(O)CO)O[Si](C)(C)c1ccccc1. The second-order valence-corrected chi connectivity index (χ2v) is 12.9. The highest BCUT2D eigenvalue weighted by Crippen LogP contribution is 2.21. The quantitative estimate of drug-likeness (QED) is 0.743. The first-order chi connectivity index (χ1) is 8.83. The van der Waals surface area contributed by atoms with Gasteiger partial charge in [0.1, 0.15) is 0 Å². The summed E-state index contributed by atoms with van der Waals surface area (Å²) >= 11 is 0. The van der Waals surface area contributed by atoms with Gasteiger partial charge < -0.3 is 18.8 Å². The maximum atomic E-state index is 9.63. The van der Waals surface area contributed by atoms with Crippen molar-refractivity contribution in [3.05, 3.63) is 30.3 Å². The van der Waals surface area contributed by atoms with Crippen LogP contribution in [0, 0.1) is 0 Å². The van der Waals surface area contributed by atoms with Gasteiger partial charge in [-0.25, -0.2) is 0 Å². The Labute approximate surface area is 117 Å². The molecule has 0 spiro atoms. The molecule has 2 unspecified atom stereocenters. The van der Waals surface area contributed by atoms with Crippen molar-refractivity contribution < 1.29 is 18.8 Å². The third kappa shape index (κ3) is 4.83. The maximum absolute atomic E-state index is 9.63. The first-order valence-corrected chi connectivity index (χ1v) is 11.9. The van der Waals surface area contributed by atoms with Gasteiger partial charge in [0.05, 0.1) is 12.7 Å². The molecule has 0 aliphatic rings. The Balaban J connectivity index is 2.85. The summed E-state index contributed by atoms with van der Waals surface area (Å²) in [6, 6.07) is 10.5. The number of hydrogen-bond acceptors (Lipinski definition) is 4. The number of rotatable bonds is 7. The lowest BCUT2D eigenvalue weighted by atomic mass is 10.4. The van der Waals surface area contributed by atoms with Crippen LogP contribution >= 0.6 is 0 Å². The minimum absolute atomic E-state index is 0.261. The van der Waals surface area contributed by atoms with E-state index < -0.39 is 23.0 Å². The summed E-state index contributed by atoms with van der Waals surface area (Å²) in [5.41, 5.74) is 0. The Morgan fingerprint density at radius 1 is 1.16 bits per heavy atom. The van der Waals surface area contributed by atoms with Crippen LogP contribution in [0.25, 0.3) is 0 Å². The van der Waals surface area contributed by atoms with E-state index in [9.17, 15) is 5.11 Å². The molecule has 0 aliphatic carbocycles. The summed E-state index contributed by atoms with van der Waals surface area (Å²) in [5, 5.41) is 19.8. The van der Waals surface area contributed by atoms with E-state index in [1.807, 2.05) is 24.7 Å². The van der Waals surface area contributed by atoms with Crippen molar-refractivity contribution in [1.82, 2.24) is 0 Å². The van der Waals surface area contributed by atoms with Crippen LogP contribution < -0.4 is 5.19 Å². The first-order valence-electron chi connectivity index (χ1n) is 6.43. The van der Waals surface area contributed by atoms with Gasteiger partial charge in [0.15, 0.2) is 0 Å². The fourth-order valence-electron chi connectivity index (χ4n) is 2.10. The van der Waals surface area contributed by atoms with Gasteiger partial charge in [0.25, 0.3) is 0 Å². The van der Waals surface area contributed by atoms with E-state index in [-0.39, 0.29) is 6.61 Å². The molecule has 19 heavy (non-hydrogen) atoms. The van der Waals surface area contributed by atoms with Crippen molar-refractivity contribution in [2.45, 2.75) is 31.8 Å². The van der Waals surface area contributed by atoms with E-state index in [2.05, 4.69) is 25.2 Å². The van der Waals surface area contributed by atoms with E-state index in [0.717, 1.165) is 0 Å². The summed E-state index contributed by atoms with van der Waals surface area (Å²) in [4.78, 5) is 0. The highest BCUT2D eigenvalue weighted by molar-refractivity contribution is 6.91. The van der Waals surface area contributed by atoms with E-state index >= 15 is 0 Å². The molecular weight excluding hydrogens is 276 g/mol. The summed E-state index contributed by atoms with van der Waals surface area (Å²) in [6.45, 7) is 5.92. The molecule has 2 N–H and O–H groups in total. The molecule has 4 nitrogen and oxygen atoms in total. The van der Waals surface area contributed by atoms with Gasteiger partial charge in [-0.3, -0.25) is 0 Å². The Bertz CT molecular complexity index is 385. The van der Waals surface area contributed by atoms with Gasteiger partial charge in [-0.2, -0.15) is 0 Å². The zero-order valence-electron chi connectivity index (χ0n) is 12.1. The van der Waals surface area contributed by atoms with Crippen molar-refractivity contribution in [3.8, 4) is 0 Å². The molecule has 0 amide bonds. The lowest BCUT2D eigenvalue weighted by Gasteiger charge is -2.35. The molecule has 1 aromatic carbocycles. The third-order valence-corrected chi connectivity index (χ3v) is 10.8. The van der Waals surface area contributed by atoms with Gasteiger partial charge in [-0.1, -0.05) is 30.3 Å². The Hall–Kier alpha value is -0.506. The van der Waals surface area contributed by atoms with Crippen LogP contribution in [0.4, 0.5) is 0 Å². The fourth-order valence-corrected chi connectivity index (χ4v) is 9.70. The lowest BCUT2D eigenvalue weighted by molar-refractivity contribution is 0.101. The normalized spacial score (nSPS) is 16.9. The van der Waals surface area contributed by atoms with Gasteiger partial charge >= 0.3 is 8.56 Å². The Kier molecular flexibility index (Phi) is 5.91. The second kappa shape index (κ2) is 6.78. The smallest absolute Gasteiger partial charge is 0.327 e. The van der Waals surface area contributed by atoms with Gasteiger partial charge in [-0.15, -0.1) is 0 Å². The zero-order chi connectivity index (χ0) is 14.5. The molecule has 0 saturated carbocycles. The summed E-state index contributed by atoms with van der Waals surface area (Å²) in [5.74, 6) is 0. The maximum Gasteiger partial charge on any atom is 0.327 e. The Morgan fingerprint density at radius 2 is 1.74 bits per heavy atom. The molecule has 0 fully saturated rings. The van der Waals surface area contributed by atoms with Crippen LogP contribution in [0.5, 0.6) is 0 Å². The Morgan fingerprint density at radius 3 is 2.21 bits per heavy atom. The van der Waals surface area contributed by atoms with Gasteiger partial charge in [-0.05, 0) is 24.8 Å². The highest BCUT2D eigenvalue weighted by Gasteiger charge is 2.40. The number of hydrogen-bond donors (Lipinski definition) is 2. The van der Waals surface area contributed by atoms with Crippen LogP contribution in [0.15, 0.2) is 30.3 Å². The van der Waals surface area contributed by atoms with E-state index in [1.165, 1.54) is 5.19 Å². The third-order valence-electron chi connectivity index (χ3n) is 3.19. The standard InChI is InChI=1S/C13H24O4Si2/c1-16-19(4,11-12(15)10-14)17-18(2,3)13-8-6-5-7-9-13/h5-9,12,14-15H,10-11H2,1-4H3. The highest BCUT2D eigenvalue weighted by atomic mass is 28.4. The van der Waals surface area contributed by atoms with Crippen LogP contribution in [0.2, 0.25) is 25.7 Å². The average molecular weight is 301 g/mol. The lowest BCUT2D eigenvalue weighted by Crippen LogP contribution is -2.55. The average Bonchev–Trinajstić information content (AvgIpc) is 2.39. The number of benzene rings is 1. The fraction of sp³-hybridized carbons (Fsp3) is 0.538. The van der Waals surface area contributed by atoms with Crippen molar-refractivity contribution >= 4 is 22.1 Å². The molecule has 0 aliphatic heterocycles. The number of aliphatic hydroxyl groups excluding tert-OH is 2. The van der Waals surface area contributed by atoms with Crippen LogP contribution in [-0.2, 0) is 8.54 Å².